The number of hydrogen-bond donors (Lipinski definition) is 4. The van der Waals surface area contributed by atoms with Crippen LogP contribution in [0.25, 0.3) is 0 Å². The first-order chi connectivity index (χ1) is 16.3. The molecule has 0 bridgehead atoms. The predicted octanol–water partition coefficient (Wildman–Crippen LogP) is 4.19. The molecule has 0 heterocycles. The fourth-order valence-corrected chi connectivity index (χ4v) is 2.98. The number of unbranched alkanes of at least 4 members (excludes halogenated alkanes) is 1. The summed E-state index contributed by atoms with van der Waals surface area (Å²) < 4.78 is 5.74. The average molecular weight is 485 g/mol. The maximum Gasteiger partial charge on any atom is 0.269 e. The Morgan fingerprint density at radius 2 is 1.68 bits per heavy atom. The highest BCUT2D eigenvalue weighted by molar-refractivity contribution is 7.80. The van der Waals surface area contributed by atoms with E-state index in [-0.39, 0.29) is 11.0 Å². The van der Waals surface area contributed by atoms with Crippen LogP contribution in [0.5, 0.6) is 5.75 Å². The molecular weight excluding hydrogens is 452 g/mol. The van der Waals surface area contributed by atoms with Crippen LogP contribution in [0.2, 0.25) is 0 Å². The number of rotatable bonds is 10. The molecule has 8 nitrogen and oxygen atoms in total. The number of thiocarbonyl (C=S) groups is 1. The van der Waals surface area contributed by atoms with Gasteiger partial charge in [0.05, 0.1) is 12.2 Å². The van der Waals surface area contributed by atoms with Gasteiger partial charge in [0.1, 0.15) is 5.75 Å². The standard InChI is InChI=1S/C25H32N4O4S/c1-4-5-10-22(30)26-19-13-11-18(12-14-19)23(31)28-29-25(34)27-24(32)20-8-6-7-9-21(20)33-16-15-17(2)3/h6-9,11-14,17H,4-5,10,15-16H2,1-3H3,(H,26,30)(H,28,31)(H2,27,29,32,34). The van der Waals surface area contributed by atoms with Crippen molar-refractivity contribution >= 4 is 40.7 Å². The highest BCUT2D eigenvalue weighted by Crippen LogP contribution is 2.18. The van der Waals surface area contributed by atoms with Crippen LogP contribution in [-0.4, -0.2) is 29.4 Å². The van der Waals surface area contributed by atoms with Crippen LogP contribution in [-0.2, 0) is 4.79 Å². The molecule has 2 rings (SSSR count). The van der Waals surface area contributed by atoms with E-state index in [0.717, 1.165) is 19.3 Å². The van der Waals surface area contributed by atoms with Crippen LogP contribution in [0.15, 0.2) is 48.5 Å². The third-order valence-electron chi connectivity index (χ3n) is 4.79. The molecule has 0 aliphatic carbocycles. The van der Waals surface area contributed by atoms with Crippen LogP contribution in [0.4, 0.5) is 5.69 Å². The normalized spacial score (nSPS) is 10.4. The average Bonchev–Trinajstić information content (AvgIpc) is 2.81. The Hall–Kier alpha value is -3.46. The lowest BCUT2D eigenvalue weighted by atomic mass is 10.1. The fourth-order valence-electron chi connectivity index (χ4n) is 2.84. The summed E-state index contributed by atoms with van der Waals surface area (Å²) in [6.45, 7) is 6.72. The SMILES string of the molecule is CCCCC(=O)Nc1ccc(C(=O)NNC(=S)NC(=O)c2ccccc2OCCC(C)C)cc1. The fraction of sp³-hybridized carbons (Fsp3) is 0.360. The third kappa shape index (κ3) is 9.19. The summed E-state index contributed by atoms with van der Waals surface area (Å²) in [6.07, 6.45) is 3.10. The zero-order valence-corrected chi connectivity index (χ0v) is 20.6. The van der Waals surface area contributed by atoms with Crippen LogP contribution >= 0.6 is 12.2 Å². The lowest BCUT2D eigenvalue weighted by molar-refractivity contribution is -0.116. The van der Waals surface area contributed by atoms with Crippen molar-refractivity contribution in [1.82, 2.24) is 16.2 Å². The van der Waals surface area contributed by atoms with Gasteiger partial charge in [-0.25, -0.2) is 0 Å². The number of carbonyl (C=O) groups is 3. The molecule has 0 radical (unpaired) electrons. The van der Waals surface area contributed by atoms with Crippen molar-refractivity contribution in [1.29, 1.82) is 0 Å². The van der Waals surface area contributed by atoms with Gasteiger partial charge in [-0.1, -0.05) is 39.3 Å². The molecule has 0 spiro atoms. The van der Waals surface area contributed by atoms with Crippen molar-refractivity contribution in [2.75, 3.05) is 11.9 Å². The zero-order valence-electron chi connectivity index (χ0n) is 19.8. The van der Waals surface area contributed by atoms with Crippen LogP contribution in [0.3, 0.4) is 0 Å². The molecule has 34 heavy (non-hydrogen) atoms. The van der Waals surface area contributed by atoms with Crippen molar-refractivity contribution in [3.63, 3.8) is 0 Å². The van der Waals surface area contributed by atoms with Gasteiger partial charge < -0.3 is 10.1 Å². The van der Waals surface area contributed by atoms with Crippen LogP contribution in [0.1, 0.15) is 67.2 Å². The minimum absolute atomic E-state index is 0.0601. The number of para-hydroxylation sites is 1. The minimum atomic E-state index is -0.449. The Labute approximate surface area is 205 Å². The second kappa shape index (κ2) is 13.9. The van der Waals surface area contributed by atoms with E-state index in [1.165, 1.54) is 0 Å². The van der Waals surface area contributed by atoms with E-state index in [1.54, 1.807) is 48.5 Å². The van der Waals surface area contributed by atoms with E-state index in [4.69, 9.17) is 17.0 Å². The summed E-state index contributed by atoms with van der Waals surface area (Å²) in [5.74, 6) is -0.00173. The molecule has 182 valence electrons. The summed E-state index contributed by atoms with van der Waals surface area (Å²) in [5, 5.41) is 5.26. The Balaban J connectivity index is 1.84. The molecule has 0 atom stereocenters. The van der Waals surface area contributed by atoms with Gasteiger partial charge in [0.15, 0.2) is 5.11 Å². The second-order valence-electron chi connectivity index (χ2n) is 8.12. The molecule has 0 unspecified atom stereocenters. The Bertz CT molecular complexity index is 993. The molecule has 2 aromatic carbocycles. The van der Waals surface area contributed by atoms with Gasteiger partial charge in [-0.3, -0.25) is 30.6 Å². The topological polar surface area (TPSA) is 109 Å². The van der Waals surface area contributed by atoms with E-state index < -0.39 is 11.8 Å². The predicted molar refractivity (Wildman–Crippen MR) is 137 cm³/mol. The van der Waals surface area contributed by atoms with E-state index in [2.05, 4.69) is 35.3 Å². The monoisotopic (exact) mass is 484 g/mol. The molecule has 0 fully saturated rings. The molecule has 0 aliphatic heterocycles. The number of anilines is 1. The maximum atomic E-state index is 12.6. The van der Waals surface area contributed by atoms with Crippen LogP contribution in [0, 0.1) is 5.92 Å². The molecule has 0 saturated heterocycles. The largest absolute Gasteiger partial charge is 0.493 e. The van der Waals surface area contributed by atoms with Gasteiger partial charge in [0, 0.05) is 17.7 Å². The van der Waals surface area contributed by atoms with Gasteiger partial charge in [0.25, 0.3) is 11.8 Å². The molecule has 2 aromatic rings. The molecule has 0 aliphatic rings. The number of hydrazine groups is 1. The minimum Gasteiger partial charge on any atom is -0.493 e. The lowest BCUT2D eigenvalue weighted by Crippen LogP contribution is -2.48. The Kier molecular flexibility index (Phi) is 11.0. The van der Waals surface area contributed by atoms with Crippen molar-refractivity contribution in [2.24, 2.45) is 5.92 Å². The first-order valence-corrected chi connectivity index (χ1v) is 11.7. The van der Waals surface area contributed by atoms with Gasteiger partial charge in [-0.2, -0.15) is 0 Å². The molecular formula is C25H32N4O4S. The number of ether oxygens (including phenoxy) is 1. The van der Waals surface area contributed by atoms with Crippen molar-refractivity contribution in [3.05, 3.63) is 59.7 Å². The van der Waals surface area contributed by atoms with E-state index in [9.17, 15) is 14.4 Å². The highest BCUT2D eigenvalue weighted by Gasteiger charge is 2.14. The second-order valence-corrected chi connectivity index (χ2v) is 8.53. The molecule has 3 amide bonds. The number of carbonyl (C=O) groups excluding carboxylic acids is 3. The molecule has 0 saturated carbocycles. The first-order valence-electron chi connectivity index (χ1n) is 11.3. The molecule has 0 aromatic heterocycles. The van der Waals surface area contributed by atoms with Crippen LogP contribution < -0.4 is 26.2 Å². The van der Waals surface area contributed by atoms with Gasteiger partial charge in [0.2, 0.25) is 5.91 Å². The highest BCUT2D eigenvalue weighted by atomic mass is 32.1. The smallest absolute Gasteiger partial charge is 0.269 e. The number of nitrogens with one attached hydrogen (secondary N) is 4. The maximum absolute atomic E-state index is 12.6. The van der Waals surface area contributed by atoms with E-state index in [1.807, 2.05) is 6.92 Å². The third-order valence-corrected chi connectivity index (χ3v) is 4.99. The molecule has 4 N–H and O–H groups in total. The van der Waals surface area contributed by atoms with Crippen molar-refractivity contribution in [3.8, 4) is 5.75 Å². The van der Waals surface area contributed by atoms with Gasteiger partial charge >= 0.3 is 0 Å². The summed E-state index contributed by atoms with van der Waals surface area (Å²) >= 11 is 5.12. The first kappa shape index (κ1) is 26.8. The summed E-state index contributed by atoms with van der Waals surface area (Å²) in [7, 11) is 0. The van der Waals surface area contributed by atoms with Gasteiger partial charge in [-0.15, -0.1) is 0 Å². The number of hydrogen-bond acceptors (Lipinski definition) is 5. The summed E-state index contributed by atoms with van der Waals surface area (Å²) in [6, 6.07) is 13.4. The van der Waals surface area contributed by atoms with E-state index in [0.29, 0.717) is 41.5 Å². The van der Waals surface area contributed by atoms with E-state index >= 15 is 0 Å². The lowest BCUT2D eigenvalue weighted by Gasteiger charge is -2.14. The zero-order chi connectivity index (χ0) is 24.9. The van der Waals surface area contributed by atoms with Gasteiger partial charge in [-0.05, 0) is 67.4 Å². The number of amides is 3. The van der Waals surface area contributed by atoms with Crippen molar-refractivity contribution < 1.29 is 19.1 Å². The number of benzene rings is 2. The summed E-state index contributed by atoms with van der Waals surface area (Å²) in [5.41, 5.74) is 6.28. The van der Waals surface area contributed by atoms with Crippen molar-refractivity contribution in [2.45, 2.75) is 46.5 Å². The Morgan fingerprint density at radius 3 is 2.35 bits per heavy atom. The Morgan fingerprint density at radius 1 is 0.971 bits per heavy atom. The molecule has 9 heteroatoms. The quantitative estimate of drug-likeness (QED) is 0.297. The summed E-state index contributed by atoms with van der Waals surface area (Å²) in [4.78, 5) is 36.8.